The molecule has 5 heteroatoms. The van der Waals surface area contributed by atoms with E-state index in [1.807, 2.05) is 39.1 Å². The lowest BCUT2D eigenvalue weighted by atomic mass is 10.0. The molecule has 1 aromatic carbocycles. The summed E-state index contributed by atoms with van der Waals surface area (Å²) in [6.07, 6.45) is -0.0546. The fourth-order valence-electron chi connectivity index (χ4n) is 2.08. The third-order valence-electron chi connectivity index (χ3n) is 3.22. The Balaban J connectivity index is 2.25. The molecule has 102 valence electrons. The lowest BCUT2D eigenvalue weighted by Crippen LogP contribution is -2.07. The number of halogens is 2. The Labute approximate surface area is 126 Å². The molecule has 2 aromatic rings. The van der Waals surface area contributed by atoms with Crippen LogP contribution in [-0.2, 0) is 13.5 Å². The molecule has 1 atom stereocenters. The van der Waals surface area contributed by atoms with E-state index in [-0.39, 0.29) is 0 Å². The summed E-state index contributed by atoms with van der Waals surface area (Å²) in [6, 6.07) is 5.60. The minimum atomic E-state index is -0.568. The van der Waals surface area contributed by atoms with Gasteiger partial charge in [-0.2, -0.15) is 5.10 Å². The van der Waals surface area contributed by atoms with Gasteiger partial charge in [-0.05, 0) is 47.0 Å². The number of rotatable bonds is 3. The summed E-state index contributed by atoms with van der Waals surface area (Å²) < 4.78 is 2.76. The quantitative estimate of drug-likeness (QED) is 0.922. The van der Waals surface area contributed by atoms with Crippen molar-refractivity contribution in [3.8, 4) is 0 Å². The van der Waals surface area contributed by atoms with E-state index in [4.69, 9.17) is 11.6 Å². The van der Waals surface area contributed by atoms with Crippen molar-refractivity contribution in [3.63, 3.8) is 0 Å². The fraction of sp³-hybridized carbons (Fsp3) is 0.357. The Morgan fingerprint density at radius 3 is 2.63 bits per heavy atom. The molecule has 2 rings (SSSR count). The summed E-state index contributed by atoms with van der Waals surface area (Å²) in [6.45, 7) is 3.87. The molecule has 0 aliphatic heterocycles. The zero-order valence-corrected chi connectivity index (χ0v) is 13.5. The smallest absolute Gasteiger partial charge is 0.0845 e. The third-order valence-corrected chi connectivity index (χ3v) is 4.67. The van der Waals surface area contributed by atoms with E-state index < -0.39 is 6.10 Å². The van der Waals surface area contributed by atoms with Crippen LogP contribution in [0.1, 0.15) is 28.6 Å². The second kappa shape index (κ2) is 5.65. The Morgan fingerprint density at radius 2 is 2.11 bits per heavy atom. The molecule has 0 aliphatic rings. The van der Waals surface area contributed by atoms with Gasteiger partial charge in [-0.15, -0.1) is 0 Å². The van der Waals surface area contributed by atoms with Crippen LogP contribution in [0.15, 0.2) is 22.7 Å². The van der Waals surface area contributed by atoms with Crippen molar-refractivity contribution in [1.82, 2.24) is 9.78 Å². The lowest BCUT2D eigenvalue weighted by molar-refractivity contribution is 0.175. The third kappa shape index (κ3) is 3.02. The van der Waals surface area contributed by atoms with Gasteiger partial charge in [-0.3, -0.25) is 4.68 Å². The van der Waals surface area contributed by atoms with Crippen molar-refractivity contribution in [2.24, 2.45) is 7.05 Å². The fourth-order valence-corrected chi connectivity index (χ4v) is 2.69. The van der Waals surface area contributed by atoms with Crippen LogP contribution in [0.5, 0.6) is 0 Å². The molecule has 3 nitrogen and oxygen atoms in total. The summed E-state index contributed by atoms with van der Waals surface area (Å²) in [7, 11) is 1.88. The van der Waals surface area contributed by atoms with Gasteiger partial charge in [-0.1, -0.05) is 23.7 Å². The first-order valence-electron chi connectivity index (χ1n) is 6.02. The molecule has 0 aliphatic carbocycles. The van der Waals surface area contributed by atoms with Gasteiger partial charge in [0.05, 0.1) is 22.0 Å². The van der Waals surface area contributed by atoms with Crippen molar-refractivity contribution in [2.45, 2.75) is 26.4 Å². The minimum Gasteiger partial charge on any atom is -0.388 e. The number of hydrogen-bond donors (Lipinski definition) is 1. The number of aliphatic hydroxyl groups is 1. The van der Waals surface area contributed by atoms with Crippen molar-refractivity contribution in [1.29, 1.82) is 0 Å². The van der Waals surface area contributed by atoms with E-state index in [9.17, 15) is 5.11 Å². The van der Waals surface area contributed by atoms with E-state index in [0.717, 1.165) is 27.0 Å². The van der Waals surface area contributed by atoms with Gasteiger partial charge >= 0.3 is 0 Å². The molecule has 0 bridgehead atoms. The number of hydrogen-bond acceptors (Lipinski definition) is 2. The Morgan fingerprint density at radius 1 is 1.42 bits per heavy atom. The van der Waals surface area contributed by atoms with Gasteiger partial charge < -0.3 is 5.11 Å². The summed E-state index contributed by atoms with van der Waals surface area (Å²) >= 11 is 9.51. The van der Waals surface area contributed by atoms with Crippen LogP contribution in [0, 0.1) is 13.8 Å². The molecule has 1 N–H and O–H groups in total. The number of aryl methyl sites for hydroxylation is 3. The average molecular weight is 344 g/mol. The van der Waals surface area contributed by atoms with Crippen molar-refractivity contribution >= 4 is 27.5 Å². The predicted octanol–water partition coefficient (Wildman–Crippen LogP) is 3.73. The van der Waals surface area contributed by atoms with Crippen LogP contribution in [0.2, 0.25) is 5.02 Å². The highest BCUT2D eigenvalue weighted by molar-refractivity contribution is 9.10. The van der Waals surface area contributed by atoms with E-state index in [0.29, 0.717) is 11.4 Å². The highest BCUT2D eigenvalue weighted by Gasteiger charge is 2.16. The molecular weight excluding hydrogens is 328 g/mol. The molecule has 1 unspecified atom stereocenters. The van der Waals surface area contributed by atoms with E-state index in [2.05, 4.69) is 21.0 Å². The Kier molecular flexibility index (Phi) is 4.33. The Bertz CT molecular complexity index is 610. The first-order valence-corrected chi connectivity index (χ1v) is 7.19. The molecule has 0 spiro atoms. The van der Waals surface area contributed by atoms with Crippen molar-refractivity contribution in [2.75, 3.05) is 0 Å². The van der Waals surface area contributed by atoms with Crippen LogP contribution < -0.4 is 0 Å². The van der Waals surface area contributed by atoms with E-state index in [1.165, 1.54) is 0 Å². The van der Waals surface area contributed by atoms with Gasteiger partial charge in [0.2, 0.25) is 0 Å². The van der Waals surface area contributed by atoms with Crippen LogP contribution in [0.4, 0.5) is 0 Å². The molecule has 1 heterocycles. The second-order valence-electron chi connectivity index (χ2n) is 4.70. The van der Waals surface area contributed by atoms with Crippen molar-refractivity contribution < 1.29 is 5.11 Å². The van der Waals surface area contributed by atoms with Gasteiger partial charge in [0.25, 0.3) is 0 Å². The maximum absolute atomic E-state index is 10.3. The minimum absolute atomic E-state index is 0.513. The Hall–Kier alpha value is -0.840. The maximum atomic E-state index is 10.3. The first-order chi connectivity index (χ1) is 8.90. The monoisotopic (exact) mass is 342 g/mol. The van der Waals surface area contributed by atoms with Gasteiger partial charge in [-0.25, -0.2) is 0 Å². The zero-order chi connectivity index (χ0) is 14.2. The molecule has 0 saturated carbocycles. The van der Waals surface area contributed by atoms with Gasteiger partial charge in [0.15, 0.2) is 0 Å². The highest BCUT2D eigenvalue weighted by Crippen LogP contribution is 2.27. The van der Waals surface area contributed by atoms with Crippen LogP contribution in [0.3, 0.4) is 0 Å². The van der Waals surface area contributed by atoms with Gasteiger partial charge in [0, 0.05) is 18.5 Å². The standard InChI is InChI=1S/C14H16BrClN2O/c1-8-6-10(4-5-11(8)16)13(19)7-12-14(15)9(2)17-18(12)3/h4-6,13,19H,7H2,1-3H3. The van der Waals surface area contributed by atoms with Crippen LogP contribution >= 0.6 is 27.5 Å². The zero-order valence-electron chi connectivity index (χ0n) is 11.1. The largest absolute Gasteiger partial charge is 0.388 e. The van der Waals surface area contributed by atoms with Crippen LogP contribution in [0.25, 0.3) is 0 Å². The normalized spacial score (nSPS) is 12.7. The second-order valence-corrected chi connectivity index (χ2v) is 5.90. The number of benzene rings is 1. The number of aliphatic hydroxyl groups excluding tert-OH is 1. The van der Waals surface area contributed by atoms with E-state index in [1.54, 1.807) is 4.68 Å². The lowest BCUT2D eigenvalue weighted by Gasteiger charge is -2.13. The molecule has 0 radical (unpaired) electrons. The van der Waals surface area contributed by atoms with Gasteiger partial charge in [0.1, 0.15) is 0 Å². The molecule has 0 fully saturated rings. The summed E-state index contributed by atoms with van der Waals surface area (Å²) in [5, 5.41) is 15.4. The maximum Gasteiger partial charge on any atom is 0.0845 e. The van der Waals surface area contributed by atoms with E-state index >= 15 is 0 Å². The summed E-state index contributed by atoms with van der Waals surface area (Å²) in [5.74, 6) is 0. The molecule has 19 heavy (non-hydrogen) atoms. The number of aromatic nitrogens is 2. The summed E-state index contributed by atoms with van der Waals surface area (Å²) in [4.78, 5) is 0. The molecule has 0 saturated heterocycles. The number of nitrogens with zero attached hydrogens (tertiary/aromatic N) is 2. The molecule has 0 amide bonds. The topological polar surface area (TPSA) is 38.1 Å². The van der Waals surface area contributed by atoms with Crippen molar-refractivity contribution in [3.05, 3.63) is 50.2 Å². The summed E-state index contributed by atoms with van der Waals surface area (Å²) in [5.41, 5.74) is 3.75. The highest BCUT2D eigenvalue weighted by atomic mass is 79.9. The molecule has 1 aromatic heterocycles. The SMILES string of the molecule is Cc1cc(C(O)Cc2c(Br)c(C)nn2C)ccc1Cl. The predicted molar refractivity (Wildman–Crippen MR) is 80.5 cm³/mol. The van der Waals surface area contributed by atoms with Crippen LogP contribution in [-0.4, -0.2) is 14.9 Å². The first kappa shape index (κ1) is 14.6. The average Bonchev–Trinajstić information content (AvgIpc) is 2.59. The molecular formula is C14H16BrClN2O.